The van der Waals surface area contributed by atoms with Gasteiger partial charge in [0.25, 0.3) is 0 Å². The third-order valence-electron chi connectivity index (χ3n) is 7.24. The Balaban J connectivity index is 1.41. The predicted molar refractivity (Wildman–Crippen MR) is 146 cm³/mol. The van der Waals surface area contributed by atoms with Crippen LogP contribution in [-0.4, -0.2) is 0 Å². The van der Waals surface area contributed by atoms with Gasteiger partial charge in [-0.1, -0.05) is 60.7 Å². The Morgan fingerprint density at radius 1 is 0.579 bits per heavy atom. The highest BCUT2D eigenvalue weighted by molar-refractivity contribution is 7.97. The van der Waals surface area contributed by atoms with E-state index in [1.54, 1.807) is 36.4 Å². The molecule has 0 saturated heterocycles. The molecule has 5 aromatic carbocycles. The summed E-state index contributed by atoms with van der Waals surface area (Å²) in [7, 11) is -0.495. The third kappa shape index (κ3) is 4.45. The fraction of sp³-hybridized carbons (Fsp3) is 0.152. The maximum atomic E-state index is 15.8. The first-order valence-corrected chi connectivity index (χ1v) is 14.0. The van der Waals surface area contributed by atoms with E-state index in [-0.39, 0.29) is 11.1 Å². The van der Waals surface area contributed by atoms with Crippen LogP contribution in [0.5, 0.6) is 5.75 Å². The fourth-order valence-corrected chi connectivity index (χ4v) is 7.58. The summed E-state index contributed by atoms with van der Waals surface area (Å²) in [6.07, 6.45) is 2.92. The highest BCUT2D eigenvalue weighted by Crippen LogP contribution is 2.46. The molecule has 1 saturated carbocycles. The van der Waals surface area contributed by atoms with Crippen LogP contribution in [0.4, 0.5) is 13.2 Å². The summed E-state index contributed by atoms with van der Waals surface area (Å²) < 4.78 is 51.6. The molecule has 1 nitrogen and oxygen atoms in total. The smallest absolute Gasteiger partial charge is 0.170 e. The van der Waals surface area contributed by atoms with Gasteiger partial charge >= 0.3 is 0 Å². The van der Waals surface area contributed by atoms with Gasteiger partial charge in [0, 0.05) is 17.0 Å². The molecule has 5 aromatic rings. The first-order chi connectivity index (χ1) is 18.6. The van der Waals surface area contributed by atoms with Crippen molar-refractivity contribution < 1.29 is 17.9 Å². The van der Waals surface area contributed by atoms with E-state index >= 15 is 4.39 Å². The van der Waals surface area contributed by atoms with Crippen molar-refractivity contribution in [3.63, 3.8) is 0 Å². The van der Waals surface area contributed by atoms with Crippen LogP contribution < -0.4 is 4.74 Å². The van der Waals surface area contributed by atoms with Gasteiger partial charge in [0.05, 0.1) is 10.9 Å². The second-order valence-electron chi connectivity index (χ2n) is 9.59. The maximum Gasteiger partial charge on any atom is 0.170 e. The summed E-state index contributed by atoms with van der Waals surface area (Å²) >= 11 is 0. The fourth-order valence-electron chi connectivity index (χ4n) is 5.48. The Kier molecular flexibility index (Phi) is 6.62. The maximum absolute atomic E-state index is 15.8. The molecule has 1 aliphatic carbocycles. The van der Waals surface area contributed by atoms with E-state index in [1.165, 1.54) is 6.07 Å². The van der Waals surface area contributed by atoms with Gasteiger partial charge < -0.3 is 4.74 Å². The highest BCUT2D eigenvalue weighted by atomic mass is 32.2. The van der Waals surface area contributed by atoms with Crippen LogP contribution in [0, 0.1) is 17.5 Å². The molecule has 0 aromatic heterocycles. The topological polar surface area (TPSA) is 9.23 Å². The first-order valence-electron chi connectivity index (χ1n) is 12.8. The third-order valence-corrected chi connectivity index (χ3v) is 9.45. The van der Waals surface area contributed by atoms with Crippen LogP contribution in [0.2, 0.25) is 0 Å². The van der Waals surface area contributed by atoms with E-state index in [0.29, 0.717) is 23.8 Å². The van der Waals surface area contributed by atoms with Crippen LogP contribution in [0.1, 0.15) is 31.2 Å². The molecule has 6 rings (SSSR count). The van der Waals surface area contributed by atoms with Gasteiger partial charge in [0.1, 0.15) is 5.60 Å². The van der Waals surface area contributed by atoms with Crippen molar-refractivity contribution in [3.05, 3.63) is 132 Å². The van der Waals surface area contributed by atoms with Gasteiger partial charge in [-0.2, -0.15) is 0 Å². The summed E-state index contributed by atoms with van der Waals surface area (Å²) in [4.78, 5) is 3.02. The average Bonchev–Trinajstić information content (AvgIpc) is 3.43. The second-order valence-corrected chi connectivity index (χ2v) is 11.6. The molecule has 0 heterocycles. The van der Waals surface area contributed by atoms with Crippen molar-refractivity contribution in [1.82, 2.24) is 0 Å². The summed E-state index contributed by atoms with van der Waals surface area (Å²) in [5.41, 5.74) is -0.363. The van der Waals surface area contributed by atoms with Crippen LogP contribution in [0.3, 0.4) is 0 Å². The molecule has 0 spiro atoms. The molecule has 5 heteroatoms. The van der Waals surface area contributed by atoms with E-state index in [1.807, 2.05) is 42.5 Å². The minimum atomic E-state index is -0.933. The number of hydrogen-bond acceptors (Lipinski definition) is 1. The lowest BCUT2D eigenvalue weighted by Crippen LogP contribution is -2.30. The van der Waals surface area contributed by atoms with Gasteiger partial charge in [-0.15, -0.1) is 0 Å². The minimum Gasteiger partial charge on any atom is -0.479 e. The van der Waals surface area contributed by atoms with Gasteiger partial charge in [-0.3, -0.25) is 0 Å². The van der Waals surface area contributed by atoms with Crippen molar-refractivity contribution in [2.24, 2.45) is 0 Å². The summed E-state index contributed by atoms with van der Waals surface area (Å²) in [6.45, 7) is 0. The average molecular weight is 528 g/mol. The molecule has 1 fully saturated rings. The normalized spacial score (nSPS) is 14.7. The van der Waals surface area contributed by atoms with E-state index < -0.39 is 33.9 Å². The van der Waals surface area contributed by atoms with Crippen LogP contribution >= 0.6 is 0 Å². The van der Waals surface area contributed by atoms with Crippen molar-refractivity contribution >= 4 is 21.7 Å². The lowest BCUT2D eigenvalue weighted by Gasteiger charge is -2.32. The van der Waals surface area contributed by atoms with Crippen molar-refractivity contribution in [3.8, 4) is 5.75 Å². The Labute approximate surface area is 223 Å². The molecular weight excluding hydrogens is 501 g/mol. The van der Waals surface area contributed by atoms with Crippen LogP contribution in [-0.2, 0) is 16.5 Å². The van der Waals surface area contributed by atoms with Crippen molar-refractivity contribution in [2.45, 2.75) is 46.0 Å². The molecule has 0 unspecified atom stereocenters. The molecular formula is C33H26F3OS+. The molecule has 0 N–H and O–H groups in total. The van der Waals surface area contributed by atoms with Crippen molar-refractivity contribution in [2.75, 3.05) is 0 Å². The number of hydrogen-bond donors (Lipinski definition) is 0. The number of halogens is 3. The van der Waals surface area contributed by atoms with E-state index in [2.05, 4.69) is 24.3 Å². The zero-order chi connectivity index (χ0) is 26.1. The number of benzene rings is 5. The number of ether oxygens (including phenoxy) is 1. The standard InChI is InChI=1S/C33H26F3OS/c34-29-21-25(38(23-11-3-1-4-12-23)24-13-5-2-6-14-24)17-18-31(29)37-33(19-9-10-20-33)28-22-30(35)32(36)27-16-8-7-15-26(27)28/h1-8,11-18,21-22H,9-10,19-20H2/q+1. The molecule has 0 bridgehead atoms. The zero-order valence-electron chi connectivity index (χ0n) is 20.7. The minimum absolute atomic E-state index is 0.120. The van der Waals surface area contributed by atoms with E-state index in [9.17, 15) is 8.78 Å². The largest absolute Gasteiger partial charge is 0.479 e. The lowest BCUT2D eigenvalue weighted by molar-refractivity contribution is 0.0700. The SMILES string of the molecule is Fc1cc([S+](c2ccccc2)c2ccccc2)ccc1OC1(c2cc(F)c(F)c3ccccc23)CCCC1. The number of rotatable bonds is 6. The van der Waals surface area contributed by atoms with Crippen molar-refractivity contribution in [1.29, 1.82) is 0 Å². The van der Waals surface area contributed by atoms with Gasteiger partial charge in [-0.05, 0) is 73.5 Å². The van der Waals surface area contributed by atoms with Gasteiger partial charge in [0.15, 0.2) is 37.9 Å². The Bertz CT molecular complexity index is 1540. The second kappa shape index (κ2) is 10.2. The number of fused-ring (bicyclic) bond motifs is 1. The molecule has 1 aliphatic rings. The quantitative estimate of drug-likeness (QED) is 0.200. The molecule has 0 atom stereocenters. The highest BCUT2D eigenvalue weighted by Gasteiger charge is 2.41. The molecule has 0 aliphatic heterocycles. The summed E-state index contributed by atoms with van der Waals surface area (Å²) in [6, 6.07) is 33.3. The monoisotopic (exact) mass is 527 g/mol. The molecule has 190 valence electrons. The summed E-state index contributed by atoms with van der Waals surface area (Å²) in [5, 5.41) is 0.808. The zero-order valence-corrected chi connectivity index (χ0v) is 21.5. The van der Waals surface area contributed by atoms with Gasteiger partial charge in [0.2, 0.25) is 0 Å². The van der Waals surface area contributed by atoms with Gasteiger partial charge in [-0.25, -0.2) is 13.2 Å². The molecule has 0 amide bonds. The summed E-state index contributed by atoms with van der Waals surface area (Å²) in [5.74, 6) is -2.14. The van der Waals surface area contributed by atoms with Crippen LogP contribution in [0.15, 0.2) is 124 Å². The lowest BCUT2D eigenvalue weighted by atomic mass is 9.87. The molecule has 38 heavy (non-hydrogen) atoms. The molecule has 0 radical (unpaired) electrons. The Morgan fingerprint density at radius 3 is 1.76 bits per heavy atom. The van der Waals surface area contributed by atoms with Crippen LogP contribution in [0.25, 0.3) is 10.8 Å². The predicted octanol–water partition coefficient (Wildman–Crippen LogP) is 9.20. The van der Waals surface area contributed by atoms with E-state index in [0.717, 1.165) is 27.5 Å². The Morgan fingerprint density at radius 2 is 1.16 bits per heavy atom. The van der Waals surface area contributed by atoms with E-state index in [4.69, 9.17) is 4.74 Å². The first kappa shape index (κ1) is 24.6. The Hall–Kier alpha value is -3.70.